The van der Waals surface area contributed by atoms with Gasteiger partial charge >= 0.3 is 0 Å². The van der Waals surface area contributed by atoms with Gasteiger partial charge in [0.2, 0.25) is 6.79 Å². The van der Waals surface area contributed by atoms with Gasteiger partial charge < -0.3 is 34.1 Å². The second kappa shape index (κ2) is 10.6. The molecule has 8 nitrogen and oxygen atoms in total. The van der Waals surface area contributed by atoms with Crippen molar-refractivity contribution in [3.63, 3.8) is 0 Å². The third-order valence-electron chi connectivity index (χ3n) is 4.95. The summed E-state index contributed by atoms with van der Waals surface area (Å²) in [5, 5.41) is 12.9. The molecule has 1 atom stereocenters. The van der Waals surface area contributed by atoms with Crippen molar-refractivity contribution in [3.05, 3.63) is 77.9 Å². The van der Waals surface area contributed by atoms with Crippen LogP contribution in [0.1, 0.15) is 15.9 Å². The molecule has 33 heavy (non-hydrogen) atoms. The molecule has 4 rings (SSSR count). The standard InChI is InChI=1S/C25H25NO7/c1-29-23-11-18(7-9-21(23)31-14-17-5-3-2-4-6-17)25(28)26-13-19(27)15-30-20-8-10-22-24(12-20)33-16-32-22/h2-12,19,27H,13-16H2,1H3,(H,26,28). The number of fused-ring (bicyclic) bond motifs is 1. The van der Waals surface area contributed by atoms with Crippen LogP contribution in [-0.4, -0.2) is 44.2 Å². The van der Waals surface area contributed by atoms with Gasteiger partial charge in [0.25, 0.3) is 5.91 Å². The van der Waals surface area contributed by atoms with Crippen LogP contribution in [-0.2, 0) is 6.61 Å². The molecule has 3 aromatic rings. The zero-order valence-corrected chi connectivity index (χ0v) is 18.2. The minimum Gasteiger partial charge on any atom is -0.493 e. The number of aliphatic hydroxyl groups excluding tert-OH is 1. The number of carbonyl (C=O) groups excluding carboxylic acids is 1. The summed E-state index contributed by atoms with van der Waals surface area (Å²) in [7, 11) is 1.52. The highest BCUT2D eigenvalue weighted by Crippen LogP contribution is 2.35. The lowest BCUT2D eigenvalue weighted by atomic mass is 10.2. The Hall–Kier alpha value is -3.91. The Kier molecular flexibility index (Phi) is 7.16. The number of rotatable bonds is 10. The molecule has 0 fully saturated rings. The summed E-state index contributed by atoms with van der Waals surface area (Å²) in [6.45, 7) is 0.601. The summed E-state index contributed by atoms with van der Waals surface area (Å²) in [4.78, 5) is 12.5. The number of hydrogen-bond donors (Lipinski definition) is 2. The molecule has 1 aliphatic heterocycles. The van der Waals surface area contributed by atoms with Crippen molar-refractivity contribution < 1.29 is 33.6 Å². The van der Waals surface area contributed by atoms with Crippen LogP contribution >= 0.6 is 0 Å². The van der Waals surface area contributed by atoms with E-state index in [-0.39, 0.29) is 25.9 Å². The van der Waals surface area contributed by atoms with Crippen molar-refractivity contribution in [2.75, 3.05) is 27.1 Å². The topological polar surface area (TPSA) is 95.5 Å². The minimum atomic E-state index is -0.894. The van der Waals surface area contributed by atoms with Gasteiger partial charge in [-0.15, -0.1) is 0 Å². The molecule has 0 aliphatic carbocycles. The van der Waals surface area contributed by atoms with Crippen LogP contribution in [0.4, 0.5) is 0 Å². The largest absolute Gasteiger partial charge is 0.493 e. The van der Waals surface area contributed by atoms with Crippen LogP contribution in [0.2, 0.25) is 0 Å². The van der Waals surface area contributed by atoms with Crippen LogP contribution in [0.25, 0.3) is 0 Å². The smallest absolute Gasteiger partial charge is 0.251 e. The maximum atomic E-state index is 12.5. The van der Waals surface area contributed by atoms with Crippen LogP contribution in [0.3, 0.4) is 0 Å². The molecular weight excluding hydrogens is 426 g/mol. The first-order valence-corrected chi connectivity index (χ1v) is 10.5. The second-order valence-corrected chi connectivity index (χ2v) is 7.33. The van der Waals surface area contributed by atoms with Gasteiger partial charge in [-0.3, -0.25) is 4.79 Å². The Morgan fingerprint density at radius 1 is 1.00 bits per heavy atom. The summed E-state index contributed by atoms with van der Waals surface area (Å²) < 4.78 is 27.3. The van der Waals surface area contributed by atoms with Gasteiger partial charge in [0.15, 0.2) is 23.0 Å². The Bertz CT molecular complexity index is 1090. The van der Waals surface area contributed by atoms with Crippen LogP contribution in [0.15, 0.2) is 66.7 Å². The van der Waals surface area contributed by atoms with Gasteiger partial charge in [-0.1, -0.05) is 30.3 Å². The highest BCUT2D eigenvalue weighted by Gasteiger charge is 2.16. The van der Waals surface area contributed by atoms with Crippen LogP contribution in [0, 0.1) is 0 Å². The summed E-state index contributed by atoms with van der Waals surface area (Å²) in [6, 6.07) is 19.9. The van der Waals surface area contributed by atoms with Crippen LogP contribution in [0.5, 0.6) is 28.7 Å². The Morgan fingerprint density at radius 3 is 2.64 bits per heavy atom. The van der Waals surface area contributed by atoms with E-state index in [0.29, 0.717) is 40.9 Å². The number of amides is 1. The number of methoxy groups -OCH3 is 1. The molecule has 8 heteroatoms. The van der Waals surface area contributed by atoms with Gasteiger partial charge in [-0.25, -0.2) is 0 Å². The Balaban J connectivity index is 1.26. The maximum absolute atomic E-state index is 12.5. The Morgan fingerprint density at radius 2 is 1.82 bits per heavy atom. The van der Waals surface area contributed by atoms with Crippen molar-refractivity contribution >= 4 is 5.91 Å². The van der Waals surface area contributed by atoms with Crippen LogP contribution < -0.4 is 29.0 Å². The summed E-state index contributed by atoms with van der Waals surface area (Å²) in [5.41, 5.74) is 1.42. The van der Waals surface area contributed by atoms with Gasteiger partial charge in [-0.2, -0.15) is 0 Å². The zero-order chi connectivity index (χ0) is 23.0. The quantitative estimate of drug-likeness (QED) is 0.489. The van der Waals surface area contributed by atoms with E-state index in [0.717, 1.165) is 5.56 Å². The third kappa shape index (κ3) is 5.87. The van der Waals surface area contributed by atoms with Crippen molar-refractivity contribution in [2.45, 2.75) is 12.7 Å². The Labute approximate surface area is 191 Å². The predicted octanol–water partition coefficient (Wildman–Crippen LogP) is 3.17. The molecule has 3 aromatic carbocycles. The fraction of sp³-hybridized carbons (Fsp3) is 0.240. The summed E-state index contributed by atoms with van der Waals surface area (Å²) >= 11 is 0. The highest BCUT2D eigenvalue weighted by atomic mass is 16.7. The second-order valence-electron chi connectivity index (χ2n) is 7.33. The van der Waals surface area contributed by atoms with E-state index in [1.165, 1.54) is 7.11 Å². The van der Waals surface area contributed by atoms with E-state index in [9.17, 15) is 9.90 Å². The fourth-order valence-electron chi connectivity index (χ4n) is 3.19. The molecule has 0 aromatic heterocycles. The van der Waals surface area contributed by atoms with Crippen molar-refractivity contribution in [1.82, 2.24) is 5.32 Å². The van der Waals surface area contributed by atoms with Crippen molar-refractivity contribution in [3.8, 4) is 28.7 Å². The first kappa shape index (κ1) is 22.3. The van der Waals surface area contributed by atoms with E-state index >= 15 is 0 Å². The molecule has 0 radical (unpaired) electrons. The lowest BCUT2D eigenvalue weighted by Crippen LogP contribution is -2.35. The molecular formula is C25H25NO7. The molecule has 2 N–H and O–H groups in total. The number of hydrogen-bond acceptors (Lipinski definition) is 7. The number of benzene rings is 3. The van der Waals surface area contributed by atoms with E-state index in [1.807, 2.05) is 30.3 Å². The van der Waals surface area contributed by atoms with E-state index in [1.54, 1.807) is 36.4 Å². The highest BCUT2D eigenvalue weighted by molar-refractivity contribution is 5.94. The van der Waals surface area contributed by atoms with E-state index in [2.05, 4.69) is 5.32 Å². The molecule has 1 unspecified atom stereocenters. The molecule has 0 saturated carbocycles. The molecule has 1 amide bonds. The molecule has 1 heterocycles. The molecule has 1 aliphatic rings. The van der Waals surface area contributed by atoms with Gasteiger partial charge in [0.1, 0.15) is 25.1 Å². The number of carbonyl (C=O) groups is 1. The maximum Gasteiger partial charge on any atom is 0.251 e. The van der Waals surface area contributed by atoms with Gasteiger partial charge in [-0.05, 0) is 35.9 Å². The third-order valence-corrected chi connectivity index (χ3v) is 4.95. The lowest BCUT2D eigenvalue weighted by molar-refractivity contribution is 0.0843. The zero-order valence-electron chi connectivity index (χ0n) is 18.2. The first-order valence-electron chi connectivity index (χ1n) is 10.5. The predicted molar refractivity (Wildman–Crippen MR) is 120 cm³/mol. The number of aliphatic hydroxyl groups is 1. The SMILES string of the molecule is COc1cc(C(=O)NCC(O)COc2ccc3c(c2)OCO3)ccc1OCc1ccccc1. The van der Waals surface area contributed by atoms with Gasteiger partial charge in [0, 0.05) is 18.2 Å². The van der Waals surface area contributed by atoms with Gasteiger partial charge in [0.05, 0.1) is 7.11 Å². The van der Waals surface area contributed by atoms with E-state index < -0.39 is 6.10 Å². The number of ether oxygens (including phenoxy) is 5. The average Bonchev–Trinajstić information content (AvgIpc) is 3.33. The fourth-order valence-corrected chi connectivity index (χ4v) is 3.19. The van der Waals surface area contributed by atoms with Crippen molar-refractivity contribution in [2.24, 2.45) is 0 Å². The lowest BCUT2D eigenvalue weighted by Gasteiger charge is -2.15. The summed E-state index contributed by atoms with van der Waals surface area (Å²) in [6.07, 6.45) is -0.894. The number of nitrogens with one attached hydrogen (secondary N) is 1. The minimum absolute atomic E-state index is 0.00943. The summed E-state index contributed by atoms with van der Waals surface area (Å²) in [5.74, 6) is 2.44. The first-order chi connectivity index (χ1) is 16.1. The molecule has 0 spiro atoms. The molecule has 0 bridgehead atoms. The molecule has 0 saturated heterocycles. The van der Waals surface area contributed by atoms with Crippen molar-refractivity contribution in [1.29, 1.82) is 0 Å². The van der Waals surface area contributed by atoms with E-state index in [4.69, 9.17) is 23.7 Å². The average molecular weight is 451 g/mol. The monoisotopic (exact) mass is 451 g/mol. The molecule has 172 valence electrons. The normalized spacial score (nSPS) is 12.7.